The molecule has 1 fully saturated rings. The lowest BCUT2D eigenvalue weighted by atomic mass is 10.0. The van der Waals surface area contributed by atoms with Crippen LogP contribution < -0.4 is 14.4 Å². The highest BCUT2D eigenvalue weighted by molar-refractivity contribution is 5.94. The molecule has 1 heterocycles. The molecule has 1 N–H and O–H groups in total. The van der Waals surface area contributed by atoms with Crippen molar-refractivity contribution in [1.29, 1.82) is 0 Å². The molecular formula is C30H37N3O4. The van der Waals surface area contributed by atoms with E-state index in [4.69, 9.17) is 9.47 Å². The second-order valence-corrected chi connectivity index (χ2v) is 9.20. The summed E-state index contributed by atoms with van der Waals surface area (Å²) in [6.45, 7) is 9.76. The Balaban J connectivity index is 1.43. The predicted molar refractivity (Wildman–Crippen MR) is 148 cm³/mol. The number of phenolic OH excluding ortho intramolecular Hbond substituents is 1. The van der Waals surface area contributed by atoms with Gasteiger partial charge in [0.15, 0.2) is 0 Å². The lowest BCUT2D eigenvalue weighted by molar-refractivity contribution is 0.0773. The number of nitrogens with zero attached hydrogens (tertiary/aromatic N) is 3. The fraction of sp³-hybridized carbons (Fsp3) is 0.367. The minimum atomic E-state index is 0.0827. The molecule has 0 radical (unpaired) electrons. The first-order valence-corrected chi connectivity index (χ1v) is 12.9. The van der Waals surface area contributed by atoms with Crippen molar-refractivity contribution in [2.24, 2.45) is 0 Å². The van der Waals surface area contributed by atoms with Crippen LogP contribution in [0.1, 0.15) is 29.8 Å². The highest BCUT2D eigenvalue weighted by Crippen LogP contribution is 2.37. The fourth-order valence-electron chi connectivity index (χ4n) is 4.89. The molecule has 7 heteroatoms. The lowest BCUT2D eigenvalue weighted by Gasteiger charge is -2.36. The lowest BCUT2D eigenvalue weighted by Crippen LogP contribution is -2.46. The smallest absolute Gasteiger partial charge is 0.253 e. The monoisotopic (exact) mass is 503 g/mol. The van der Waals surface area contributed by atoms with Crippen molar-refractivity contribution < 1.29 is 19.4 Å². The number of benzene rings is 3. The molecule has 0 aromatic heterocycles. The number of carbonyl (C=O) groups excluding carboxylic acids is 1. The summed E-state index contributed by atoms with van der Waals surface area (Å²) in [5.41, 5.74) is 4.73. The second kappa shape index (κ2) is 12.0. The van der Waals surface area contributed by atoms with Gasteiger partial charge >= 0.3 is 0 Å². The molecule has 1 aliphatic rings. The van der Waals surface area contributed by atoms with Gasteiger partial charge in [-0.25, -0.2) is 0 Å². The van der Waals surface area contributed by atoms with E-state index in [0.717, 1.165) is 72.2 Å². The summed E-state index contributed by atoms with van der Waals surface area (Å²) in [6.07, 6.45) is 0. The average Bonchev–Trinajstić information content (AvgIpc) is 2.94. The van der Waals surface area contributed by atoms with Gasteiger partial charge in [-0.05, 0) is 73.5 Å². The summed E-state index contributed by atoms with van der Waals surface area (Å²) >= 11 is 0. The standard InChI is InChI=1S/C30H37N3O4/c1-5-32(6-2)30(35)22-10-12-25(13-11-22)33-16-14-31(15-17-33)21-27-28(36-3)19-24(20-29(27)37-4)23-8-7-9-26(34)18-23/h7-13,18-20,34H,5-6,14-17,21H2,1-4H3. The molecule has 196 valence electrons. The Morgan fingerprint density at radius 3 is 2.03 bits per heavy atom. The molecule has 0 aliphatic carbocycles. The molecule has 3 aromatic rings. The average molecular weight is 504 g/mol. The Morgan fingerprint density at radius 1 is 0.865 bits per heavy atom. The molecule has 37 heavy (non-hydrogen) atoms. The Bertz CT molecular complexity index is 1170. The van der Waals surface area contributed by atoms with E-state index < -0.39 is 0 Å². The zero-order valence-corrected chi connectivity index (χ0v) is 22.2. The molecule has 0 saturated carbocycles. The number of hydrogen-bond donors (Lipinski definition) is 1. The molecule has 1 amide bonds. The minimum Gasteiger partial charge on any atom is -0.508 e. The Hall–Kier alpha value is -3.71. The zero-order valence-electron chi connectivity index (χ0n) is 22.2. The summed E-state index contributed by atoms with van der Waals surface area (Å²) in [5.74, 6) is 1.85. The summed E-state index contributed by atoms with van der Waals surface area (Å²) in [4.78, 5) is 19.2. The predicted octanol–water partition coefficient (Wildman–Crippen LogP) is 4.88. The number of amides is 1. The second-order valence-electron chi connectivity index (χ2n) is 9.20. The van der Waals surface area contributed by atoms with Crippen LogP contribution in [0.4, 0.5) is 5.69 Å². The van der Waals surface area contributed by atoms with E-state index in [2.05, 4.69) is 21.9 Å². The van der Waals surface area contributed by atoms with E-state index in [-0.39, 0.29) is 11.7 Å². The summed E-state index contributed by atoms with van der Waals surface area (Å²) in [6, 6.07) is 19.2. The molecule has 1 aliphatic heterocycles. The number of piperazine rings is 1. The van der Waals surface area contributed by atoms with E-state index >= 15 is 0 Å². The SMILES string of the molecule is CCN(CC)C(=O)c1ccc(N2CCN(Cc3c(OC)cc(-c4cccc(O)c4)cc3OC)CC2)cc1. The van der Waals surface area contributed by atoms with Crippen LogP contribution in [0.3, 0.4) is 0 Å². The van der Waals surface area contributed by atoms with Gasteiger partial charge in [-0.3, -0.25) is 9.69 Å². The van der Waals surface area contributed by atoms with E-state index in [1.165, 1.54) is 0 Å². The van der Waals surface area contributed by atoms with E-state index in [1.54, 1.807) is 26.4 Å². The van der Waals surface area contributed by atoms with Gasteiger partial charge in [0, 0.05) is 57.1 Å². The first-order valence-electron chi connectivity index (χ1n) is 12.9. The van der Waals surface area contributed by atoms with Gasteiger partial charge in [0.1, 0.15) is 17.2 Å². The number of carbonyl (C=O) groups is 1. The molecule has 0 unspecified atom stereocenters. The number of methoxy groups -OCH3 is 2. The minimum absolute atomic E-state index is 0.0827. The van der Waals surface area contributed by atoms with Gasteiger partial charge in [0.25, 0.3) is 5.91 Å². The Labute approximate surface area is 219 Å². The van der Waals surface area contributed by atoms with Crippen molar-refractivity contribution in [3.8, 4) is 28.4 Å². The van der Waals surface area contributed by atoms with Crippen molar-refractivity contribution >= 4 is 11.6 Å². The van der Waals surface area contributed by atoms with E-state index in [9.17, 15) is 9.90 Å². The summed E-state index contributed by atoms with van der Waals surface area (Å²) in [5, 5.41) is 9.89. The van der Waals surface area contributed by atoms with Crippen molar-refractivity contribution in [3.63, 3.8) is 0 Å². The van der Waals surface area contributed by atoms with Crippen molar-refractivity contribution in [2.45, 2.75) is 20.4 Å². The third-order valence-electron chi connectivity index (χ3n) is 7.07. The zero-order chi connectivity index (χ0) is 26.4. The molecule has 7 nitrogen and oxygen atoms in total. The van der Waals surface area contributed by atoms with Gasteiger partial charge < -0.3 is 24.4 Å². The van der Waals surface area contributed by atoms with Gasteiger partial charge in [-0.15, -0.1) is 0 Å². The molecular weight excluding hydrogens is 466 g/mol. The maximum atomic E-state index is 12.6. The summed E-state index contributed by atoms with van der Waals surface area (Å²) < 4.78 is 11.5. The number of phenols is 1. The van der Waals surface area contributed by atoms with Crippen LogP contribution in [0.2, 0.25) is 0 Å². The highest BCUT2D eigenvalue weighted by atomic mass is 16.5. The molecule has 0 bridgehead atoms. The van der Waals surface area contributed by atoms with Gasteiger partial charge in [0.2, 0.25) is 0 Å². The van der Waals surface area contributed by atoms with Crippen LogP contribution in [-0.4, -0.2) is 74.3 Å². The van der Waals surface area contributed by atoms with E-state index in [1.807, 2.05) is 55.1 Å². The molecule has 1 saturated heterocycles. The van der Waals surface area contributed by atoms with Crippen LogP contribution >= 0.6 is 0 Å². The Morgan fingerprint density at radius 2 is 1.49 bits per heavy atom. The van der Waals surface area contributed by atoms with Crippen molar-refractivity contribution in [2.75, 3.05) is 58.4 Å². The topological polar surface area (TPSA) is 65.5 Å². The third-order valence-corrected chi connectivity index (χ3v) is 7.07. The third kappa shape index (κ3) is 6.00. The fourth-order valence-corrected chi connectivity index (χ4v) is 4.89. The van der Waals surface area contributed by atoms with Crippen LogP contribution in [0.15, 0.2) is 60.7 Å². The quantitative estimate of drug-likeness (QED) is 0.449. The highest BCUT2D eigenvalue weighted by Gasteiger charge is 2.22. The van der Waals surface area contributed by atoms with E-state index in [0.29, 0.717) is 13.1 Å². The van der Waals surface area contributed by atoms with Crippen LogP contribution in [-0.2, 0) is 6.54 Å². The molecule has 3 aromatic carbocycles. The first kappa shape index (κ1) is 26.4. The maximum absolute atomic E-state index is 12.6. The van der Waals surface area contributed by atoms with Crippen LogP contribution in [0, 0.1) is 0 Å². The number of anilines is 1. The molecule has 0 atom stereocenters. The number of hydrogen-bond acceptors (Lipinski definition) is 6. The number of aromatic hydroxyl groups is 1. The normalized spacial score (nSPS) is 13.9. The molecule has 4 rings (SSSR count). The van der Waals surface area contributed by atoms with Crippen molar-refractivity contribution in [1.82, 2.24) is 9.80 Å². The number of ether oxygens (including phenoxy) is 2. The van der Waals surface area contributed by atoms with Gasteiger partial charge in [-0.2, -0.15) is 0 Å². The number of rotatable bonds is 9. The van der Waals surface area contributed by atoms with Crippen LogP contribution in [0.25, 0.3) is 11.1 Å². The van der Waals surface area contributed by atoms with Gasteiger partial charge in [-0.1, -0.05) is 12.1 Å². The Kier molecular flexibility index (Phi) is 8.56. The van der Waals surface area contributed by atoms with Crippen LogP contribution in [0.5, 0.6) is 17.2 Å². The van der Waals surface area contributed by atoms with Gasteiger partial charge in [0.05, 0.1) is 19.8 Å². The summed E-state index contributed by atoms with van der Waals surface area (Å²) in [7, 11) is 3.36. The molecule has 0 spiro atoms. The van der Waals surface area contributed by atoms with Crippen molar-refractivity contribution in [3.05, 3.63) is 71.8 Å². The first-order chi connectivity index (χ1) is 18.0. The largest absolute Gasteiger partial charge is 0.508 e. The maximum Gasteiger partial charge on any atom is 0.253 e.